The van der Waals surface area contributed by atoms with Gasteiger partial charge in [0.1, 0.15) is 11.8 Å². The maximum absolute atomic E-state index is 13.5. The molecule has 8 nitrogen and oxygen atoms in total. The van der Waals surface area contributed by atoms with Gasteiger partial charge >= 0.3 is 0 Å². The second-order valence-corrected chi connectivity index (χ2v) is 10.4. The number of nitrogens with zero attached hydrogens (tertiary/aromatic N) is 1. The van der Waals surface area contributed by atoms with Gasteiger partial charge in [0.15, 0.2) is 6.10 Å². The summed E-state index contributed by atoms with van der Waals surface area (Å²) < 4.78 is 33.9. The van der Waals surface area contributed by atoms with E-state index in [1.807, 2.05) is 6.92 Å². The Labute approximate surface area is 191 Å². The van der Waals surface area contributed by atoms with E-state index in [1.54, 1.807) is 38.1 Å². The molecule has 0 aliphatic carbocycles. The second kappa shape index (κ2) is 8.38. The van der Waals surface area contributed by atoms with Gasteiger partial charge in [-0.25, -0.2) is 8.42 Å². The van der Waals surface area contributed by atoms with E-state index in [1.165, 1.54) is 10.4 Å². The topological polar surface area (TPSA) is 105 Å². The average molecular weight is 478 g/mol. The van der Waals surface area contributed by atoms with Crippen molar-refractivity contribution in [1.82, 2.24) is 4.31 Å². The zero-order chi connectivity index (χ0) is 23.2. The summed E-state index contributed by atoms with van der Waals surface area (Å²) in [7, 11) is -3.98. The van der Waals surface area contributed by atoms with E-state index in [9.17, 15) is 18.0 Å². The number of amides is 2. The number of rotatable bonds is 4. The summed E-state index contributed by atoms with van der Waals surface area (Å²) >= 11 is 6.14. The Balaban J connectivity index is 1.62. The van der Waals surface area contributed by atoms with Crippen molar-refractivity contribution in [3.63, 3.8) is 0 Å². The highest BCUT2D eigenvalue weighted by Gasteiger charge is 2.40. The van der Waals surface area contributed by atoms with Crippen LogP contribution in [0.4, 0.5) is 11.4 Å². The summed E-state index contributed by atoms with van der Waals surface area (Å²) in [4.78, 5) is 24.9. The third kappa shape index (κ3) is 4.07. The fourth-order valence-electron chi connectivity index (χ4n) is 3.93. The first-order valence-corrected chi connectivity index (χ1v) is 12.1. The Morgan fingerprint density at radius 3 is 2.69 bits per heavy atom. The van der Waals surface area contributed by atoms with E-state index >= 15 is 0 Å². The molecule has 2 atom stereocenters. The first kappa shape index (κ1) is 22.6. The van der Waals surface area contributed by atoms with E-state index in [0.29, 0.717) is 34.8 Å². The van der Waals surface area contributed by atoms with E-state index in [-0.39, 0.29) is 23.1 Å². The van der Waals surface area contributed by atoms with Gasteiger partial charge in [0.05, 0.1) is 10.6 Å². The summed E-state index contributed by atoms with van der Waals surface area (Å²) in [6, 6.07) is 7.32. The number of carbonyl (C=O) groups is 2. The fraction of sp³-hybridized carbons (Fsp3) is 0.364. The van der Waals surface area contributed by atoms with E-state index in [4.69, 9.17) is 16.3 Å². The highest BCUT2D eigenvalue weighted by Crippen LogP contribution is 2.37. The van der Waals surface area contributed by atoms with Gasteiger partial charge in [-0.3, -0.25) is 9.59 Å². The number of nitrogens with one attached hydrogen (secondary N) is 2. The number of anilines is 2. The molecule has 10 heteroatoms. The number of carbonyl (C=O) groups excluding carboxylic acids is 2. The zero-order valence-electron chi connectivity index (χ0n) is 17.9. The minimum absolute atomic E-state index is 0.0534. The molecular formula is C22H24ClN3O5S. The van der Waals surface area contributed by atoms with Crippen molar-refractivity contribution in [1.29, 1.82) is 0 Å². The number of fused-ring (bicyclic) bond motifs is 1. The third-order valence-electron chi connectivity index (χ3n) is 5.74. The van der Waals surface area contributed by atoms with Crippen LogP contribution in [-0.4, -0.2) is 43.2 Å². The minimum Gasteiger partial charge on any atom is -0.479 e. The van der Waals surface area contributed by atoms with Crippen LogP contribution in [0.1, 0.15) is 30.9 Å². The molecule has 2 aliphatic rings. The highest BCUT2D eigenvalue weighted by atomic mass is 35.5. The fourth-order valence-corrected chi connectivity index (χ4v) is 5.99. The number of aryl methyl sites for hydroxylation is 2. The minimum atomic E-state index is -3.98. The molecular weight excluding hydrogens is 454 g/mol. The van der Waals surface area contributed by atoms with Crippen LogP contribution in [0, 0.1) is 13.8 Å². The molecule has 2 unspecified atom stereocenters. The monoisotopic (exact) mass is 477 g/mol. The van der Waals surface area contributed by atoms with Crippen LogP contribution < -0.4 is 15.4 Å². The molecule has 2 amide bonds. The lowest BCUT2D eigenvalue weighted by molar-refractivity contribution is -0.122. The lowest BCUT2D eigenvalue weighted by Gasteiger charge is -2.27. The molecule has 2 aliphatic heterocycles. The molecule has 0 saturated carbocycles. The van der Waals surface area contributed by atoms with Gasteiger partial charge in [0, 0.05) is 23.3 Å². The van der Waals surface area contributed by atoms with Crippen molar-refractivity contribution >= 4 is 44.8 Å². The summed E-state index contributed by atoms with van der Waals surface area (Å²) in [5.74, 6) is -0.408. The Hall–Kier alpha value is -2.62. The smallest absolute Gasteiger partial charge is 0.265 e. The molecule has 0 aromatic heterocycles. The Bertz CT molecular complexity index is 1210. The molecule has 0 bridgehead atoms. The number of hydrogen-bond donors (Lipinski definition) is 2. The molecule has 2 N–H and O–H groups in total. The normalized spacial score (nSPS) is 20.9. The number of sulfonamides is 1. The molecule has 0 radical (unpaired) electrons. The third-order valence-corrected chi connectivity index (χ3v) is 8.20. The Morgan fingerprint density at radius 1 is 1.22 bits per heavy atom. The van der Waals surface area contributed by atoms with E-state index in [0.717, 1.165) is 5.56 Å². The van der Waals surface area contributed by atoms with Gasteiger partial charge in [-0.2, -0.15) is 4.31 Å². The van der Waals surface area contributed by atoms with Crippen molar-refractivity contribution in [2.45, 2.75) is 50.7 Å². The average Bonchev–Trinajstić information content (AvgIpc) is 3.22. The molecule has 1 saturated heterocycles. The molecule has 2 aromatic rings. The zero-order valence-corrected chi connectivity index (χ0v) is 19.5. The van der Waals surface area contributed by atoms with Gasteiger partial charge in [0.2, 0.25) is 15.9 Å². The van der Waals surface area contributed by atoms with Gasteiger partial charge in [-0.05, 0) is 62.9 Å². The van der Waals surface area contributed by atoms with Gasteiger partial charge < -0.3 is 15.4 Å². The highest BCUT2D eigenvalue weighted by molar-refractivity contribution is 7.89. The maximum Gasteiger partial charge on any atom is 0.265 e. The van der Waals surface area contributed by atoms with Crippen molar-refractivity contribution < 1.29 is 22.7 Å². The SMILES string of the molecule is Cc1ccc(NC(=O)C2CCCN2S(=O)(=O)c2cc3c(cc2C)NC(=O)C(C)O3)cc1Cl. The van der Waals surface area contributed by atoms with E-state index in [2.05, 4.69) is 10.6 Å². The molecule has 4 rings (SSSR count). The Kier molecular flexibility index (Phi) is 5.91. The molecule has 170 valence electrons. The van der Waals surface area contributed by atoms with Gasteiger partial charge in [-0.15, -0.1) is 0 Å². The predicted molar refractivity (Wildman–Crippen MR) is 122 cm³/mol. The van der Waals surface area contributed by atoms with Crippen molar-refractivity contribution in [2.24, 2.45) is 0 Å². The van der Waals surface area contributed by atoms with Crippen LogP contribution in [0.5, 0.6) is 5.75 Å². The summed E-state index contributed by atoms with van der Waals surface area (Å²) in [6.45, 7) is 5.33. The number of benzene rings is 2. The van der Waals surface area contributed by atoms with E-state index < -0.39 is 28.1 Å². The largest absolute Gasteiger partial charge is 0.479 e. The lowest BCUT2D eigenvalue weighted by Crippen LogP contribution is -2.43. The standard InChI is InChI=1S/C22H24ClN3O5S/c1-12-6-7-15(10-16(12)23)24-22(28)18-5-4-8-26(18)32(29,30)20-11-19-17(9-13(20)2)25-21(27)14(3)31-19/h6-7,9-11,14,18H,4-5,8H2,1-3H3,(H,24,28)(H,25,27). The van der Waals surface area contributed by atoms with Gasteiger partial charge in [-0.1, -0.05) is 17.7 Å². The quantitative estimate of drug-likeness (QED) is 0.701. The molecule has 32 heavy (non-hydrogen) atoms. The van der Waals surface area contributed by atoms with Crippen LogP contribution in [-0.2, 0) is 19.6 Å². The summed E-state index contributed by atoms with van der Waals surface area (Å²) in [5, 5.41) is 6.01. The van der Waals surface area contributed by atoms with Crippen LogP contribution in [0.3, 0.4) is 0 Å². The molecule has 2 aromatic carbocycles. The van der Waals surface area contributed by atoms with Crippen LogP contribution >= 0.6 is 11.6 Å². The van der Waals surface area contributed by atoms with Crippen molar-refractivity contribution in [2.75, 3.05) is 17.2 Å². The first-order valence-electron chi connectivity index (χ1n) is 10.3. The van der Waals surface area contributed by atoms with Crippen molar-refractivity contribution in [3.05, 3.63) is 46.5 Å². The number of halogens is 1. The second-order valence-electron chi connectivity index (χ2n) is 8.09. The molecule has 1 fully saturated rings. The first-order chi connectivity index (χ1) is 15.1. The molecule has 2 heterocycles. The summed E-state index contributed by atoms with van der Waals surface area (Å²) in [6.07, 6.45) is 0.255. The van der Waals surface area contributed by atoms with Crippen LogP contribution in [0.25, 0.3) is 0 Å². The van der Waals surface area contributed by atoms with Crippen LogP contribution in [0.2, 0.25) is 5.02 Å². The van der Waals surface area contributed by atoms with Crippen molar-refractivity contribution in [3.8, 4) is 5.75 Å². The number of ether oxygens (including phenoxy) is 1. The number of hydrogen-bond acceptors (Lipinski definition) is 5. The Morgan fingerprint density at radius 2 is 1.97 bits per heavy atom. The maximum atomic E-state index is 13.5. The summed E-state index contributed by atoms with van der Waals surface area (Å²) in [5.41, 5.74) is 2.28. The lowest BCUT2D eigenvalue weighted by atomic mass is 10.1. The predicted octanol–water partition coefficient (Wildman–Crippen LogP) is 3.47. The van der Waals surface area contributed by atoms with Gasteiger partial charge in [0.25, 0.3) is 5.91 Å². The molecule has 0 spiro atoms. The van der Waals surface area contributed by atoms with Crippen LogP contribution in [0.15, 0.2) is 35.2 Å².